The number of sulfonamides is 1. The quantitative estimate of drug-likeness (QED) is 0.328. The minimum atomic E-state index is -4.08. The van der Waals surface area contributed by atoms with Crippen LogP contribution in [0.3, 0.4) is 0 Å². The van der Waals surface area contributed by atoms with Crippen LogP contribution in [0.5, 0.6) is 0 Å². The van der Waals surface area contributed by atoms with E-state index < -0.39 is 28.5 Å². The van der Waals surface area contributed by atoms with Gasteiger partial charge < -0.3 is 10.2 Å². The molecule has 38 heavy (non-hydrogen) atoms. The average molecular weight is 601 g/mol. The van der Waals surface area contributed by atoms with Gasteiger partial charge in [0, 0.05) is 17.6 Å². The molecule has 0 fully saturated rings. The highest BCUT2D eigenvalue weighted by Crippen LogP contribution is 2.26. The van der Waals surface area contributed by atoms with Crippen LogP contribution < -0.4 is 9.62 Å². The van der Waals surface area contributed by atoms with Crippen LogP contribution in [-0.4, -0.2) is 44.3 Å². The Bertz CT molecular complexity index is 1360. The van der Waals surface area contributed by atoms with Gasteiger partial charge in [0.25, 0.3) is 10.0 Å². The first-order valence-electron chi connectivity index (χ1n) is 12.5. The van der Waals surface area contributed by atoms with E-state index in [9.17, 15) is 18.0 Å². The Morgan fingerprint density at radius 3 is 2.21 bits per heavy atom. The SMILES string of the molecule is CCCNC(=O)[C@@H](C)N(Cc1cccc(C)c1)C(=O)CN(c1ccc(Br)cc1)S(=O)(=O)c1ccc(C)cc1. The van der Waals surface area contributed by atoms with Gasteiger partial charge >= 0.3 is 0 Å². The molecule has 3 aromatic carbocycles. The fraction of sp³-hybridized carbons (Fsp3) is 0.310. The van der Waals surface area contributed by atoms with Gasteiger partial charge in [-0.05, 0) is 69.2 Å². The molecule has 0 aliphatic carbocycles. The highest BCUT2D eigenvalue weighted by Gasteiger charge is 2.32. The lowest BCUT2D eigenvalue weighted by Gasteiger charge is -2.32. The molecule has 3 rings (SSSR count). The number of hydrogen-bond acceptors (Lipinski definition) is 4. The smallest absolute Gasteiger partial charge is 0.264 e. The molecular formula is C29H34BrN3O4S. The fourth-order valence-electron chi connectivity index (χ4n) is 3.96. The average Bonchev–Trinajstić information content (AvgIpc) is 2.89. The van der Waals surface area contributed by atoms with Crippen LogP contribution >= 0.6 is 15.9 Å². The summed E-state index contributed by atoms with van der Waals surface area (Å²) in [5.41, 5.74) is 3.15. The van der Waals surface area contributed by atoms with Crippen molar-refractivity contribution in [3.8, 4) is 0 Å². The summed E-state index contributed by atoms with van der Waals surface area (Å²) in [6.07, 6.45) is 0.760. The molecule has 7 nitrogen and oxygen atoms in total. The summed E-state index contributed by atoms with van der Waals surface area (Å²) in [4.78, 5) is 28.3. The van der Waals surface area contributed by atoms with Crippen molar-refractivity contribution < 1.29 is 18.0 Å². The lowest BCUT2D eigenvalue weighted by molar-refractivity contribution is -0.139. The second-order valence-corrected chi connectivity index (χ2v) is 12.1. The molecule has 0 radical (unpaired) electrons. The van der Waals surface area contributed by atoms with Crippen molar-refractivity contribution in [2.24, 2.45) is 0 Å². The largest absolute Gasteiger partial charge is 0.354 e. The molecule has 0 heterocycles. The Morgan fingerprint density at radius 2 is 1.61 bits per heavy atom. The molecule has 0 unspecified atom stereocenters. The number of halogens is 1. The van der Waals surface area contributed by atoms with Crippen molar-refractivity contribution in [1.82, 2.24) is 10.2 Å². The van der Waals surface area contributed by atoms with Crippen molar-refractivity contribution in [2.45, 2.75) is 51.6 Å². The summed E-state index contributed by atoms with van der Waals surface area (Å²) in [5.74, 6) is -0.770. The first-order chi connectivity index (χ1) is 18.0. The topological polar surface area (TPSA) is 86.8 Å². The number of amides is 2. The number of nitrogens with zero attached hydrogens (tertiary/aromatic N) is 2. The number of benzene rings is 3. The minimum absolute atomic E-state index is 0.0813. The maximum absolute atomic E-state index is 13.9. The van der Waals surface area contributed by atoms with E-state index in [2.05, 4.69) is 21.2 Å². The van der Waals surface area contributed by atoms with Crippen molar-refractivity contribution in [3.63, 3.8) is 0 Å². The normalized spacial score (nSPS) is 12.0. The van der Waals surface area contributed by atoms with Gasteiger partial charge in [0.05, 0.1) is 10.6 Å². The molecule has 0 spiro atoms. The lowest BCUT2D eigenvalue weighted by atomic mass is 10.1. The van der Waals surface area contributed by atoms with Crippen LogP contribution in [0.1, 0.15) is 37.0 Å². The van der Waals surface area contributed by atoms with Crippen LogP contribution in [-0.2, 0) is 26.2 Å². The monoisotopic (exact) mass is 599 g/mol. The molecule has 202 valence electrons. The number of aryl methyl sites for hydroxylation is 2. The summed E-state index contributed by atoms with van der Waals surface area (Å²) < 4.78 is 29.5. The molecule has 2 amide bonds. The van der Waals surface area contributed by atoms with E-state index in [1.54, 1.807) is 43.3 Å². The van der Waals surface area contributed by atoms with E-state index in [0.29, 0.717) is 12.2 Å². The summed E-state index contributed by atoms with van der Waals surface area (Å²) in [6.45, 7) is 7.64. The minimum Gasteiger partial charge on any atom is -0.354 e. The maximum Gasteiger partial charge on any atom is 0.264 e. The van der Waals surface area contributed by atoms with Gasteiger partial charge in [-0.15, -0.1) is 0 Å². The molecule has 0 aliphatic heterocycles. The van der Waals surface area contributed by atoms with Crippen molar-refractivity contribution in [2.75, 3.05) is 17.4 Å². The summed E-state index contributed by atoms with van der Waals surface area (Å²) in [5, 5.41) is 2.85. The summed E-state index contributed by atoms with van der Waals surface area (Å²) in [7, 11) is -4.08. The molecule has 0 bridgehead atoms. The Labute approximate surface area is 234 Å². The van der Waals surface area contributed by atoms with Crippen molar-refractivity contribution >= 4 is 43.5 Å². The summed E-state index contributed by atoms with van der Waals surface area (Å²) in [6, 6.07) is 20.1. The van der Waals surface area contributed by atoms with E-state index in [1.807, 2.05) is 45.0 Å². The third kappa shape index (κ3) is 7.45. The van der Waals surface area contributed by atoms with Gasteiger partial charge in [-0.3, -0.25) is 13.9 Å². The van der Waals surface area contributed by atoms with Gasteiger partial charge in [-0.25, -0.2) is 8.42 Å². The van der Waals surface area contributed by atoms with Gasteiger partial charge in [0.15, 0.2) is 0 Å². The molecule has 9 heteroatoms. The Morgan fingerprint density at radius 1 is 0.947 bits per heavy atom. The van der Waals surface area contributed by atoms with Crippen LogP contribution in [0, 0.1) is 13.8 Å². The highest BCUT2D eigenvalue weighted by molar-refractivity contribution is 9.10. The molecule has 3 aromatic rings. The Kier molecular flexibility index (Phi) is 10.1. The predicted octanol–water partition coefficient (Wildman–Crippen LogP) is 5.20. The molecule has 0 aliphatic rings. The summed E-state index contributed by atoms with van der Waals surface area (Å²) >= 11 is 3.38. The van der Waals surface area contributed by atoms with Gasteiger partial charge in [-0.1, -0.05) is 70.4 Å². The van der Waals surface area contributed by atoms with E-state index in [4.69, 9.17) is 0 Å². The Hall–Kier alpha value is -3.17. The number of carbonyl (C=O) groups excluding carboxylic acids is 2. The molecule has 1 N–H and O–H groups in total. The molecule has 1 atom stereocenters. The zero-order valence-corrected chi connectivity index (χ0v) is 24.6. The molecule has 0 saturated heterocycles. The van der Waals surface area contributed by atoms with E-state index in [-0.39, 0.29) is 17.3 Å². The van der Waals surface area contributed by atoms with Crippen LogP contribution in [0.2, 0.25) is 0 Å². The van der Waals surface area contributed by atoms with E-state index in [1.165, 1.54) is 17.0 Å². The standard InChI is InChI=1S/C29H34BrN3O4S/c1-5-17-31-29(35)23(4)32(19-24-8-6-7-22(3)18-24)28(34)20-33(26-13-11-25(30)12-14-26)38(36,37)27-15-9-21(2)10-16-27/h6-16,18,23H,5,17,19-20H2,1-4H3,(H,31,35)/t23-/m1/s1. The fourth-order valence-corrected chi connectivity index (χ4v) is 5.64. The van der Waals surface area contributed by atoms with Gasteiger partial charge in [0.1, 0.15) is 12.6 Å². The number of rotatable bonds is 11. The predicted molar refractivity (Wildman–Crippen MR) is 154 cm³/mol. The first kappa shape index (κ1) is 29.4. The van der Waals surface area contributed by atoms with E-state index >= 15 is 0 Å². The zero-order valence-electron chi connectivity index (χ0n) is 22.1. The third-order valence-electron chi connectivity index (χ3n) is 6.15. The molecule has 0 saturated carbocycles. The van der Waals surface area contributed by atoms with Crippen LogP contribution in [0.4, 0.5) is 5.69 Å². The van der Waals surface area contributed by atoms with Crippen molar-refractivity contribution in [1.29, 1.82) is 0 Å². The maximum atomic E-state index is 13.9. The highest BCUT2D eigenvalue weighted by atomic mass is 79.9. The van der Waals surface area contributed by atoms with E-state index in [0.717, 1.165) is 31.9 Å². The number of hydrogen-bond donors (Lipinski definition) is 1. The number of anilines is 1. The van der Waals surface area contributed by atoms with Crippen LogP contribution in [0.25, 0.3) is 0 Å². The first-order valence-corrected chi connectivity index (χ1v) is 14.7. The van der Waals surface area contributed by atoms with Gasteiger partial charge in [0.2, 0.25) is 11.8 Å². The third-order valence-corrected chi connectivity index (χ3v) is 8.47. The van der Waals surface area contributed by atoms with Crippen molar-refractivity contribution in [3.05, 3.63) is 94.0 Å². The number of nitrogens with one attached hydrogen (secondary N) is 1. The Balaban J connectivity index is 2.01. The zero-order chi connectivity index (χ0) is 27.9. The molecular weight excluding hydrogens is 566 g/mol. The lowest BCUT2D eigenvalue weighted by Crippen LogP contribution is -2.51. The number of carbonyl (C=O) groups is 2. The second-order valence-electron chi connectivity index (χ2n) is 9.28. The second kappa shape index (κ2) is 13.1. The van der Waals surface area contributed by atoms with Gasteiger partial charge in [-0.2, -0.15) is 0 Å². The molecule has 0 aromatic heterocycles. The van der Waals surface area contributed by atoms with Crippen LogP contribution in [0.15, 0.2) is 82.2 Å².